The highest BCUT2D eigenvalue weighted by Crippen LogP contribution is 2.12. The van der Waals surface area contributed by atoms with Crippen LogP contribution in [0.2, 0.25) is 0 Å². The van der Waals surface area contributed by atoms with Crippen LogP contribution in [0, 0.1) is 0 Å². The summed E-state index contributed by atoms with van der Waals surface area (Å²) in [5.74, 6) is 0.686. The molecule has 0 bridgehead atoms. The van der Waals surface area contributed by atoms with Gasteiger partial charge in [0.25, 0.3) is 0 Å². The monoisotopic (exact) mass is 267 g/mol. The van der Waals surface area contributed by atoms with E-state index in [2.05, 4.69) is 39.4 Å². The second kappa shape index (κ2) is 7.09. The van der Waals surface area contributed by atoms with Crippen molar-refractivity contribution in [1.82, 2.24) is 0 Å². The minimum Gasteiger partial charge on any atom is -0.463 e. The summed E-state index contributed by atoms with van der Waals surface area (Å²) in [7, 11) is 4.04. The minimum absolute atomic E-state index is 0.686. The molecule has 4 nitrogen and oxygen atoms in total. The van der Waals surface area contributed by atoms with Crippen molar-refractivity contribution in [2.24, 2.45) is 10.2 Å². The topological polar surface area (TPSA) is 41.1 Å². The lowest BCUT2D eigenvalue weighted by molar-refractivity contribution is 0.560. The molecule has 0 radical (unpaired) electrons. The van der Waals surface area contributed by atoms with E-state index < -0.39 is 0 Å². The zero-order valence-corrected chi connectivity index (χ0v) is 11.6. The summed E-state index contributed by atoms with van der Waals surface area (Å²) < 4.78 is 5.09. The van der Waals surface area contributed by atoms with Crippen LogP contribution in [0.25, 0.3) is 6.08 Å². The van der Waals surface area contributed by atoms with E-state index in [1.807, 2.05) is 38.4 Å². The van der Waals surface area contributed by atoms with E-state index in [0.717, 1.165) is 5.56 Å². The molecule has 0 saturated carbocycles. The SMILES string of the molecule is CN(C)c1ccc(\C=C/C=N\N=C\c2ccco2)cc1. The molecule has 20 heavy (non-hydrogen) atoms. The first-order valence-electron chi connectivity index (χ1n) is 6.29. The number of benzene rings is 1. The van der Waals surface area contributed by atoms with Crippen molar-refractivity contribution in [3.8, 4) is 0 Å². The summed E-state index contributed by atoms with van der Waals surface area (Å²) in [5.41, 5.74) is 2.30. The van der Waals surface area contributed by atoms with Gasteiger partial charge in [0.05, 0.1) is 12.5 Å². The smallest absolute Gasteiger partial charge is 0.146 e. The van der Waals surface area contributed by atoms with Gasteiger partial charge in [0.15, 0.2) is 0 Å². The molecular formula is C16H17N3O. The maximum absolute atomic E-state index is 5.09. The fourth-order valence-corrected chi connectivity index (χ4v) is 1.57. The average Bonchev–Trinajstić information content (AvgIpc) is 2.96. The van der Waals surface area contributed by atoms with Crippen LogP contribution in [0.15, 0.2) is 63.4 Å². The van der Waals surface area contributed by atoms with Gasteiger partial charge < -0.3 is 9.32 Å². The summed E-state index contributed by atoms with van der Waals surface area (Å²) in [6.45, 7) is 0. The van der Waals surface area contributed by atoms with Gasteiger partial charge in [-0.1, -0.05) is 18.2 Å². The molecule has 1 aromatic carbocycles. The number of allylic oxidation sites excluding steroid dienone is 1. The molecule has 2 aromatic rings. The van der Waals surface area contributed by atoms with Crippen LogP contribution < -0.4 is 4.90 Å². The van der Waals surface area contributed by atoms with E-state index in [1.165, 1.54) is 5.69 Å². The Morgan fingerprint density at radius 3 is 2.50 bits per heavy atom. The van der Waals surface area contributed by atoms with Crippen LogP contribution in [0.1, 0.15) is 11.3 Å². The van der Waals surface area contributed by atoms with Crippen molar-refractivity contribution in [1.29, 1.82) is 0 Å². The molecule has 0 fully saturated rings. The van der Waals surface area contributed by atoms with Crippen LogP contribution in [0.5, 0.6) is 0 Å². The highest BCUT2D eigenvalue weighted by Gasteiger charge is 1.92. The van der Waals surface area contributed by atoms with E-state index in [9.17, 15) is 0 Å². The Bertz CT molecular complexity index is 593. The Morgan fingerprint density at radius 1 is 1.05 bits per heavy atom. The molecular weight excluding hydrogens is 250 g/mol. The van der Waals surface area contributed by atoms with Gasteiger partial charge in [0.1, 0.15) is 5.76 Å². The second-order valence-electron chi connectivity index (χ2n) is 4.37. The van der Waals surface area contributed by atoms with Crippen molar-refractivity contribution in [3.05, 3.63) is 60.1 Å². The molecule has 0 aliphatic heterocycles. The molecule has 0 atom stereocenters. The Balaban J connectivity index is 1.86. The van der Waals surface area contributed by atoms with Crippen LogP contribution >= 0.6 is 0 Å². The van der Waals surface area contributed by atoms with Crippen molar-refractivity contribution < 1.29 is 4.42 Å². The quantitative estimate of drug-likeness (QED) is 0.615. The molecule has 102 valence electrons. The van der Waals surface area contributed by atoms with Gasteiger partial charge in [-0.25, -0.2) is 0 Å². The van der Waals surface area contributed by atoms with Crippen molar-refractivity contribution in [2.75, 3.05) is 19.0 Å². The van der Waals surface area contributed by atoms with E-state index in [4.69, 9.17) is 4.42 Å². The summed E-state index contributed by atoms with van der Waals surface area (Å²) in [4.78, 5) is 2.07. The van der Waals surface area contributed by atoms with E-state index in [-0.39, 0.29) is 0 Å². The fourth-order valence-electron chi connectivity index (χ4n) is 1.57. The molecule has 0 spiro atoms. The predicted octanol–water partition coefficient (Wildman–Crippen LogP) is 3.46. The molecule has 0 saturated heterocycles. The van der Waals surface area contributed by atoms with Gasteiger partial charge in [-0.2, -0.15) is 10.2 Å². The number of hydrogen-bond acceptors (Lipinski definition) is 4. The molecule has 0 amide bonds. The minimum atomic E-state index is 0.686. The molecule has 0 aliphatic carbocycles. The zero-order valence-electron chi connectivity index (χ0n) is 11.6. The normalized spacial score (nSPS) is 11.9. The highest BCUT2D eigenvalue weighted by molar-refractivity contribution is 5.80. The van der Waals surface area contributed by atoms with Gasteiger partial charge in [0.2, 0.25) is 0 Å². The number of nitrogens with zero attached hydrogens (tertiary/aromatic N) is 3. The maximum atomic E-state index is 5.09. The van der Waals surface area contributed by atoms with Gasteiger partial charge in [0, 0.05) is 26.0 Å². The maximum Gasteiger partial charge on any atom is 0.146 e. The number of hydrogen-bond donors (Lipinski definition) is 0. The second-order valence-corrected chi connectivity index (χ2v) is 4.37. The van der Waals surface area contributed by atoms with Crippen molar-refractivity contribution in [3.63, 3.8) is 0 Å². The summed E-state index contributed by atoms with van der Waals surface area (Å²) in [6.07, 6.45) is 8.63. The third kappa shape index (κ3) is 4.24. The summed E-state index contributed by atoms with van der Waals surface area (Å²) in [5, 5.41) is 7.77. The highest BCUT2D eigenvalue weighted by atomic mass is 16.3. The predicted molar refractivity (Wildman–Crippen MR) is 84.6 cm³/mol. The van der Waals surface area contributed by atoms with E-state index in [0.29, 0.717) is 5.76 Å². The first-order valence-corrected chi connectivity index (χ1v) is 6.29. The van der Waals surface area contributed by atoms with Gasteiger partial charge in [-0.3, -0.25) is 0 Å². The van der Waals surface area contributed by atoms with E-state index in [1.54, 1.807) is 18.7 Å². The number of furan rings is 1. The number of anilines is 1. The van der Waals surface area contributed by atoms with Crippen LogP contribution in [0.4, 0.5) is 5.69 Å². The summed E-state index contributed by atoms with van der Waals surface area (Å²) >= 11 is 0. The van der Waals surface area contributed by atoms with Crippen LogP contribution in [-0.4, -0.2) is 26.5 Å². The van der Waals surface area contributed by atoms with Gasteiger partial charge in [-0.15, -0.1) is 0 Å². The molecule has 0 aliphatic rings. The number of rotatable bonds is 5. The van der Waals surface area contributed by atoms with Crippen LogP contribution in [0.3, 0.4) is 0 Å². The van der Waals surface area contributed by atoms with Crippen LogP contribution in [-0.2, 0) is 0 Å². The van der Waals surface area contributed by atoms with Crippen molar-refractivity contribution >= 4 is 24.2 Å². The Hall–Kier alpha value is -2.62. The van der Waals surface area contributed by atoms with Crippen molar-refractivity contribution in [2.45, 2.75) is 0 Å². The Morgan fingerprint density at radius 2 is 1.85 bits per heavy atom. The standard InChI is InChI=1S/C16H17N3O/c1-19(2)15-9-7-14(8-10-15)5-3-11-17-18-13-16-6-4-12-20-16/h3-13H,1-2H3/b5-3-,17-11-,18-13+. The Labute approximate surface area is 118 Å². The first kappa shape index (κ1) is 13.8. The molecule has 0 unspecified atom stereocenters. The average molecular weight is 267 g/mol. The summed E-state index contributed by atoms with van der Waals surface area (Å²) in [6, 6.07) is 11.9. The lowest BCUT2D eigenvalue weighted by Crippen LogP contribution is -2.07. The van der Waals surface area contributed by atoms with E-state index >= 15 is 0 Å². The van der Waals surface area contributed by atoms with Gasteiger partial charge in [-0.05, 0) is 35.9 Å². The molecule has 0 N–H and O–H groups in total. The molecule has 1 heterocycles. The third-order valence-electron chi connectivity index (χ3n) is 2.65. The Kier molecular flexibility index (Phi) is 4.89. The fraction of sp³-hybridized carbons (Fsp3) is 0.125. The lowest BCUT2D eigenvalue weighted by Gasteiger charge is -2.11. The largest absolute Gasteiger partial charge is 0.463 e. The molecule has 4 heteroatoms. The molecule has 1 aromatic heterocycles. The zero-order chi connectivity index (χ0) is 14.2. The third-order valence-corrected chi connectivity index (χ3v) is 2.65. The lowest BCUT2D eigenvalue weighted by atomic mass is 10.2. The first-order chi connectivity index (χ1) is 9.75. The van der Waals surface area contributed by atoms with Gasteiger partial charge >= 0.3 is 0 Å². The molecule has 2 rings (SSSR count).